The topological polar surface area (TPSA) is 68.7 Å². The molecule has 0 saturated carbocycles. The van der Waals surface area contributed by atoms with Gasteiger partial charge < -0.3 is 14.6 Å². The van der Waals surface area contributed by atoms with E-state index in [2.05, 4.69) is 4.98 Å². The van der Waals surface area contributed by atoms with Crippen molar-refractivity contribution in [2.45, 2.75) is 6.61 Å². The molecule has 138 valence electrons. The predicted octanol–water partition coefficient (Wildman–Crippen LogP) is 5.30. The molecule has 5 heteroatoms. The van der Waals surface area contributed by atoms with Gasteiger partial charge in [0, 0.05) is 5.39 Å². The number of hydrogen-bond acceptors (Lipinski definition) is 4. The Morgan fingerprint density at radius 3 is 2.29 bits per heavy atom. The first kappa shape index (κ1) is 17.5. The van der Waals surface area contributed by atoms with Gasteiger partial charge in [0.25, 0.3) is 0 Å². The molecule has 0 bridgehead atoms. The number of ether oxygens (including phenoxy) is 2. The Bertz CT molecular complexity index is 1110. The Kier molecular flexibility index (Phi) is 4.89. The van der Waals surface area contributed by atoms with Gasteiger partial charge in [0.2, 0.25) is 0 Å². The van der Waals surface area contributed by atoms with Gasteiger partial charge in [0.05, 0.1) is 5.52 Å². The number of rotatable bonds is 6. The highest BCUT2D eigenvalue weighted by atomic mass is 16.5. The summed E-state index contributed by atoms with van der Waals surface area (Å²) >= 11 is 0. The molecule has 4 rings (SSSR count). The molecule has 0 aliphatic heterocycles. The van der Waals surface area contributed by atoms with E-state index in [0.717, 1.165) is 16.7 Å². The minimum absolute atomic E-state index is 0.111. The van der Waals surface area contributed by atoms with E-state index in [1.807, 2.05) is 66.7 Å². The normalized spacial score (nSPS) is 10.6. The summed E-state index contributed by atoms with van der Waals surface area (Å²) in [7, 11) is 0. The summed E-state index contributed by atoms with van der Waals surface area (Å²) in [5, 5.41) is 10.2. The van der Waals surface area contributed by atoms with Gasteiger partial charge in [-0.25, -0.2) is 9.78 Å². The van der Waals surface area contributed by atoms with E-state index in [4.69, 9.17) is 9.47 Å². The maximum absolute atomic E-state index is 11.6. The molecular weight excluding hydrogens is 354 g/mol. The van der Waals surface area contributed by atoms with Crippen molar-refractivity contribution in [2.24, 2.45) is 0 Å². The SMILES string of the molecule is O=C(O)c1nc2ccc(Oc3ccccc3)cc2cc1OCc1ccccc1. The zero-order chi connectivity index (χ0) is 19.3. The number of nitrogens with zero attached hydrogens (tertiary/aromatic N) is 1. The van der Waals surface area contributed by atoms with Crippen molar-refractivity contribution < 1.29 is 19.4 Å². The summed E-state index contributed by atoms with van der Waals surface area (Å²) in [4.78, 5) is 15.9. The molecular formula is C23H17NO4. The molecule has 28 heavy (non-hydrogen) atoms. The molecule has 0 fully saturated rings. The quantitative estimate of drug-likeness (QED) is 0.498. The lowest BCUT2D eigenvalue weighted by molar-refractivity contribution is 0.0685. The van der Waals surface area contributed by atoms with E-state index in [1.54, 1.807) is 18.2 Å². The van der Waals surface area contributed by atoms with Crippen molar-refractivity contribution in [1.82, 2.24) is 4.98 Å². The minimum atomic E-state index is -1.13. The third kappa shape index (κ3) is 3.94. The van der Waals surface area contributed by atoms with Crippen LogP contribution in [0, 0.1) is 0 Å². The Balaban J connectivity index is 1.66. The number of para-hydroxylation sites is 1. The molecule has 5 nitrogen and oxygen atoms in total. The lowest BCUT2D eigenvalue weighted by Crippen LogP contribution is -2.06. The van der Waals surface area contributed by atoms with Crippen molar-refractivity contribution in [2.75, 3.05) is 0 Å². The second kappa shape index (κ2) is 7.80. The standard InChI is InChI=1S/C23H17NO4/c25-23(26)22-21(27-15-16-7-3-1-4-8-16)14-17-13-19(11-12-20(17)24-22)28-18-9-5-2-6-10-18/h1-14H,15H2,(H,25,26). The highest BCUT2D eigenvalue weighted by Crippen LogP contribution is 2.29. The number of hydrogen-bond donors (Lipinski definition) is 1. The molecule has 1 heterocycles. The van der Waals surface area contributed by atoms with Gasteiger partial charge in [0.1, 0.15) is 18.1 Å². The van der Waals surface area contributed by atoms with E-state index >= 15 is 0 Å². The number of carboxylic acids is 1. The highest BCUT2D eigenvalue weighted by Gasteiger charge is 2.16. The zero-order valence-corrected chi connectivity index (χ0v) is 14.9. The maximum atomic E-state index is 11.6. The maximum Gasteiger partial charge on any atom is 0.358 e. The summed E-state index contributed by atoms with van der Waals surface area (Å²) < 4.78 is 11.6. The lowest BCUT2D eigenvalue weighted by atomic mass is 10.1. The van der Waals surface area contributed by atoms with Crippen molar-refractivity contribution in [3.8, 4) is 17.2 Å². The van der Waals surface area contributed by atoms with Crippen LogP contribution in [0.1, 0.15) is 16.1 Å². The first-order chi connectivity index (χ1) is 13.7. The second-order valence-electron chi connectivity index (χ2n) is 6.18. The molecule has 0 aliphatic carbocycles. The van der Waals surface area contributed by atoms with Crippen LogP contribution >= 0.6 is 0 Å². The molecule has 3 aromatic carbocycles. The first-order valence-electron chi connectivity index (χ1n) is 8.77. The van der Waals surface area contributed by atoms with E-state index < -0.39 is 5.97 Å². The number of aromatic nitrogens is 1. The third-order valence-electron chi connectivity index (χ3n) is 4.17. The van der Waals surface area contributed by atoms with Gasteiger partial charge in [-0.3, -0.25) is 0 Å². The van der Waals surface area contributed by atoms with Crippen LogP contribution in [0.4, 0.5) is 0 Å². The van der Waals surface area contributed by atoms with E-state index in [-0.39, 0.29) is 18.1 Å². The van der Waals surface area contributed by atoms with Gasteiger partial charge in [0.15, 0.2) is 11.4 Å². The average molecular weight is 371 g/mol. The number of benzene rings is 3. The second-order valence-corrected chi connectivity index (χ2v) is 6.18. The first-order valence-corrected chi connectivity index (χ1v) is 8.77. The van der Waals surface area contributed by atoms with Crippen molar-refractivity contribution in [3.63, 3.8) is 0 Å². The Labute approximate surface area is 161 Å². The van der Waals surface area contributed by atoms with Crippen LogP contribution in [-0.4, -0.2) is 16.1 Å². The Hall–Kier alpha value is -3.86. The molecule has 1 aromatic heterocycles. The largest absolute Gasteiger partial charge is 0.486 e. The van der Waals surface area contributed by atoms with Crippen LogP contribution in [0.3, 0.4) is 0 Å². The van der Waals surface area contributed by atoms with Crippen LogP contribution in [0.5, 0.6) is 17.2 Å². The summed E-state index contributed by atoms with van der Waals surface area (Å²) in [5.74, 6) is 0.449. The van der Waals surface area contributed by atoms with Crippen molar-refractivity contribution in [1.29, 1.82) is 0 Å². The van der Waals surface area contributed by atoms with E-state index in [0.29, 0.717) is 11.3 Å². The summed E-state index contributed by atoms with van der Waals surface area (Å²) in [6, 6.07) is 26.0. The number of aromatic carboxylic acids is 1. The summed E-state index contributed by atoms with van der Waals surface area (Å²) in [5.41, 5.74) is 1.39. The Morgan fingerprint density at radius 2 is 1.57 bits per heavy atom. The molecule has 0 saturated heterocycles. The molecule has 0 aliphatic rings. The highest BCUT2D eigenvalue weighted by molar-refractivity contribution is 5.93. The van der Waals surface area contributed by atoms with Crippen molar-refractivity contribution >= 4 is 16.9 Å². The Morgan fingerprint density at radius 1 is 0.857 bits per heavy atom. The molecule has 0 amide bonds. The average Bonchev–Trinajstić information content (AvgIpc) is 2.73. The van der Waals surface area contributed by atoms with Gasteiger partial charge in [-0.15, -0.1) is 0 Å². The van der Waals surface area contributed by atoms with Crippen LogP contribution in [-0.2, 0) is 6.61 Å². The zero-order valence-electron chi connectivity index (χ0n) is 14.9. The molecule has 0 spiro atoms. The van der Waals surface area contributed by atoms with Crippen LogP contribution in [0.25, 0.3) is 10.9 Å². The third-order valence-corrected chi connectivity index (χ3v) is 4.17. The monoisotopic (exact) mass is 371 g/mol. The number of pyridine rings is 1. The predicted molar refractivity (Wildman–Crippen MR) is 106 cm³/mol. The van der Waals surface area contributed by atoms with E-state index in [9.17, 15) is 9.90 Å². The number of carboxylic acid groups (broad SMARTS) is 1. The fraction of sp³-hybridized carbons (Fsp3) is 0.0435. The van der Waals surface area contributed by atoms with Gasteiger partial charge in [-0.05, 0) is 42.0 Å². The van der Waals surface area contributed by atoms with Crippen molar-refractivity contribution in [3.05, 3.63) is 96.2 Å². The van der Waals surface area contributed by atoms with Crippen LogP contribution < -0.4 is 9.47 Å². The molecule has 1 N–H and O–H groups in total. The van der Waals surface area contributed by atoms with Gasteiger partial charge >= 0.3 is 5.97 Å². The number of fused-ring (bicyclic) bond motifs is 1. The molecule has 0 unspecified atom stereocenters. The van der Waals surface area contributed by atoms with Gasteiger partial charge in [-0.2, -0.15) is 0 Å². The van der Waals surface area contributed by atoms with Crippen LogP contribution in [0.15, 0.2) is 84.9 Å². The van der Waals surface area contributed by atoms with Crippen LogP contribution in [0.2, 0.25) is 0 Å². The van der Waals surface area contributed by atoms with E-state index in [1.165, 1.54) is 0 Å². The fourth-order valence-electron chi connectivity index (χ4n) is 2.82. The molecule has 0 atom stereocenters. The fourth-order valence-corrected chi connectivity index (χ4v) is 2.82. The lowest BCUT2D eigenvalue weighted by Gasteiger charge is -2.11. The summed E-state index contributed by atoms with van der Waals surface area (Å²) in [6.45, 7) is 0.258. The smallest absolute Gasteiger partial charge is 0.358 e. The molecule has 4 aromatic rings. The minimum Gasteiger partial charge on any atom is -0.486 e. The molecule has 0 radical (unpaired) electrons. The van der Waals surface area contributed by atoms with Gasteiger partial charge in [-0.1, -0.05) is 48.5 Å². The number of carbonyl (C=O) groups is 1. The summed E-state index contributed by atoms with van der Waals surface area (Å²) in [6.07, 6.45) is 0.